The van der Waals surface area contributed by atoms with E-state index < -0.39 is 0 Å². The molecular weight excluding hydrogens is 304 g/mol. The number of phenolic OH excluding ortho intramolecular Hbond substituents is 1. The standard InChI is InChI=1S/C24H26O/c1-15-16(2)23(19(5)24(25)17(15)3)18(4)20-11-13-22(14-12-20)21-9-7-6-8-10-21/h6-14,18,25H,1-5H3. The van der Waals surface area contributed by atoms with Crippen LogP contribution in [0.25, 0.3) is 11.1 Å². The molecule has 0 aliphatic carbocycles. The summed E-state index contributed by atoms with van der Waals surface area (Å²) in [6.07, 6.45) is 0. The Labute approximate surface area is 151 Å². The minimum absolute atomic E-state index is 0.245. The molecule has 128 valence electrons. The van der Waals surface area contributed by atoms with Gasteiger partial charge in [-0.3, -0.25) is 0 Å². The van der Waals surface area contributed by atoms with Crippen molar-refractivity contribution < 1.29 is 5.11 Å². The third kappa shape index (κ3) is 3.07. The molecule has 0 heterocycles. The molecule has 3 aromatic rings. The summed E-state index contributed by atoms with van der Waals surface area (Å²) in [5, 5.41) is 10.5. The van der Waals surface area contributed by atoms with Gasteiger partial charge in [0.2, 0.25) is 0 Å². The fourth-order valence-electron chi connectivity index (χ4n) is 3.76. The predicted molar refractivity (Wildman–Crippen MR) is 106 cm³/mol. The lowest BCUT2D eigenvalue weighted by atomic mass is 9.83. The predicted octanol–water partition coefficient (Wildman–Crippen LogP) is 6.44. The molecule has 1 atom stereocenters. The third-order valence-corrected chi connectivity index (χ3v) is 5.59. The molecule has 0 bridgehead atoms. The van der Waals surface area contributed by atoms with Crippen LogP contribution in [-0.4, -0.2) is 5.11 Å². The lowest BCUT2D eigenvalue weighted by Gasteiger charge is -2.23. The van der Waals surface area contributed by atoms with E-state index in [9.17, 15) is 5.11 Å². The lowest BCUT2D eigenvalue weighted by Crippen LogP contribution is -2.05. The van der Waals surface area contributed by atoms with Crippen molar-refractivity contribution in [2.45, 2.75) is 40.5 Å². The molecule has 1 unspecified atom stereocenters. The zero-order valence-electron chi connectivity index (χ0n) is 15.7. The molecule has 1 N–H and O–H groups in total. The van der Waals surface area contributed by atoms with Gasteiger partial charge in [0, 0.05) is 5.92 Å². The second-order valence-corrected chi connectivity index (χ2v) is 6.97. The van der Waals surface area contributed by atoms with Crippen LogP contribution >= 0.6 is 0 Å². The van der Waals surface area contributed by atoms with E-state index in [0.29, 0.717) is 5.75 Å². The Morgan fingerprint density at radius 3 is 1.80 bits per heavy atom. The van der Waals surface area contributed by atoms with Crippen LogP contribution in [0.1, 0.15) is 46.2 Å². The Balaban J connectivity index is 2.01. The van der Waals surface area contributed by atoms with Crippen LogP contribution in [0.2, 0.25) is 0 Å². The van der Waals surface area contributed by atoms with Crippen molar-refractivity contribution in [2.24, 2.45) is 0 Å². The zero-order chi connectivity index (χ0) is 18.1. The van der Waals surface area contributed by atoms with E-state index in [2.05, 4.69) is 69.3 Å². The first-order valence-electron chi connectivity index (χ1n) is 8.86. The van der Waals surface area contributed by atoms with Crippen LogP contribution < -0.4 is 0 Å². The Morgan fingerprint density at radius 1 is 0.640 bits per heavy atom. The summed E-state index contributed by atoms with van der Waals surface area (Å²) in [7, 11) is 0. The second-order valence-electron chi connectivity index (χ2n) is 6.97. The molecule has 0 aliphatic heterocycles. The summed E-state index contributed by atoms with van der Waals surface area (Å²) in [5.41, 5.74) is 9.44. The molecule has 0 radical (unpaired) electrons. The van der Waals surface area contributed by atoms with Gasteiger partial charge in [-0.2, -0.15) is 0 Å². The molecule has 3 aromatic carbocycles. The summed E-state index contributed by atoms with van der Waals surface area (Å²) in [5.74, 6) is 0.681. The molecule has 0 aliphatic rings. The first-order chi connectivity index (χ1) is 11.9. The van der Waals surface area contributed by atoms with Crippen LogP contribution in [0.4, 0.5) is 0 Å². The van der Waals surface area contributed by atoms with Crippen molar-refractivity contribution >= 4 is 0 Å². The SMILES string of the molecule is Cc1c(C)c(O)c(C)c(C(C)c2ccc(-c3ccccc3)cc2)c1C. The Kier molecular flexibility index (Phi) is 4.67. The molecule has 0 aromatic heterocycles. The number of benzene rings is 3. The van der Waals surface area contributed by atoms with Crippen LogP contribution in [0, 0.1) is 27.7 Å². The Bertz CT molecular complexity index is 861. The minimum atomic E-state index is 0.245. The van der Waals surface area contributed by atoms with Crippen LogP contribution in [-0.2, 0) is 0 Å². The van der Waals surface area contributed by atoms with Gasteiger partial charge in [0.15, 0.2) is 0 Å². The van der Waals surface area contributed by atoms with Crippen molar-refractivity contribution in [3.8, 4) is 16.9 Å². The average Bonchev–Trinajstić information content (AvgIpc) is 2.65. The molecule has 0 spiro atoms. The Hall–Kier alpha value is -2.54. The van der Waals surface area contributed by atoms with Crippen LogP contribution in [0.15, 0.2) is 54.6 Å². The van der Waals surface area contributed by atoms with Gasteiger partial charge in [-0.25, -0.2) is 0 Å². The topological polar surface area (TPSA) is 20.2 Å². The van der Waals surface area contributed by atoms with Crippen molar-refractivity contribution in [3.05, 3.63) is 88.0 Å². The van der Waals surface area contributed by atoms with Gasteiger partial charge >= 0.3 is 0 Å². The van der Waals surface area contributed by atoms with Gasteiger partial charge in [-0.1, -0.05) is 61.5 Å². The molecular formula is C24H26O. The van der Waals surface area contributed by atoms with E-state index >= 15 is 0 Å². The van der Waals surface area contributed by atoms with Crippen molar-refractivity contribution in [1.29, 1.82) is 0 Å². The monoisotopic (exact) mass is 330 g/mol. The molecule has 0 amide bonds. The quantitative estimate of drug-likeness (QED) is 0.585. The zero-order valence-corrected chi connectivity index (χ0v) is 15.7. The van der Waals surface area contributed by atoms with E-state index in [0.717, 1.165) is 11.1 Å². The highest BCUT2D eigenvalue weighted by molar-refractivity contribution is 5.64. The highest BCUT2D eigenvalue weighted by Gasteiger charge is 2.19. The highest BCUT2D eigenvalue weighted by Crippen LogP contribution is 2.38. The van der Waals surface area contributed by atoms with Gasteiger partial charge in [0.1, 0.15) is 5.75 Å². The molecule has 0 fully saturated rings. The molecule has 1 nitrogen and oxygen atoms in total. The second kappa shape index (κ2) is 6.76. The van der Waals surface area contributed by atoms with E-state index in [4.69, 9.17) is 0 Å². The van der Waals surface area contributed by atoms with Gasteiger partial charge in [-0.05, 0) is 72.2 Å². The maximum atomic E-state index is 10.5. The highest BCUT2D eigenvalue weighted by atomic mass is 16.3. The normalized spacial score (nSPS) is 12.2. The van der Waals surface area contributed by atoms with Gasteiger partial charge in [0.25, 0.3) is 0 Å². The molecule has 25 heavy (non-hydrogen) atoms. The maximum absolute atomic E-state index is 10.5. The summed E-state index contributed by atoms with van der Waals surface area (Å²) in [6, 6.07) is 19.2. The first kappa shape index (κ1) is 17.3. The third-order valence-electron chi connectivity index (χ3n) is 5.59. The molecule has 0 saturated heterocycles. The summed E-state index contributed by atoms with van der Waals surface area (Å²) < 4.78 is 0. The van der Waals surface area contributed by atoms with Crippen molar-refractivity contribution in [2.75, 3.05) is 0 Å². The molecule has 1 heteroatoms. The lowest BCUT2D eigenvalue weighted by molar-refractivity contribution is 0.464. The molecule has 0 saturated carbocycles. The van der Waals surface area contributed by atoms with Gasteiger partial charge < -0.3 is 5.11 Å². The van der Waals surface area contributed by atoms with E-state index in [1.165, 1.54) is 33.4 Å². The number of rotatable bonds is 3. The summed E-state index contributed by atoms with van der Waals surface area (Å²) in [6.45, 7) is 10.5. The average molecular weight is 330 g/mol. The van der Waals surface area contributed by atoms with Crippen molar-refractivity contribution in [1.82, 2.24) is 0 Å². The van der Waals surface area contributed by atoms with E-state index in [-0.39, 0.29) is 5.92 Å². The number of aromatic hydroxyl groups is 1. The van der Waals surface area contributed by atoms with Crippen LogP contribution in [0.3, 0.4) is 0 Å². The fraction of sp³-hybridized carbons (Fsp3) is 0.250. The van der Waals surface area contributed by atoms with E-state index in [1.807, 2.05) is 19.9 Å². The largest absolute Gasteiger partial charge is 0.507 e. The molecule has 3 rings (SSSR count). The smallest absolute Gasteiger partial charge is 0.121 e. The number of hydrogen-bond donors (Lipinski definition) is 1. The van der Waals surface area contributed by atoms with Gasteiger partial charge in [-0.15, -0.1) is 0 Å². The summed E-state index contributed by atoms with van der Waals surface area (Å²) >= 11 is 0. The van der Waals surface area contributed by atoms with Crippen molar-refractivity contribution in [3.63, 3.8) is 0 Å². The maximum Gasteiger partial charge on any atom is 0.121 e. The minimum Gasteiger partial charge on any atom is -0.507 e. The van der Waals surface area contributed by atoms with Gasteiger partial charge in [0.05, 0.1) is 0 Å². The summed E-state index contributed by atoms with van der Waals surface area (Å²) in [4.78, 5) is 0. The fourth-order valence-corrected chi connectivity index (χ4v) is 3.76. The van der Waals surface area contributed by atoms with E-state index in [1.54, 1.807) is 0 Å². The van der Waals surface area contributed by atoms with Crippen LogP contribution in [0.5, 0.6) is 5.75 Å². The number of hydrogen-bond acceptors (Lipinski definition) is 1. The number of phenols is 1. The Morgan fingerprint density at radius 2 is 1.20 bits per heavy atom. The first-order valence-corrected chi connectivity index (χ1v) is 8.86.